The van der Waals surface area contributed by atoms with Gasteiger partial charge >= 0.3 is 6.09 Å². The first-order valence-electron chi connectivity index (χ1n) is 14.2. The van der Waals surface area contributed by atoms with E-state index in [4.69, 9.17) is 18.6 Å². The second kappa shape index (κ2) is 12.8. The van der Waals surface area contributed by atoms with E-state index in [9.17, 15) is 9.59 Å². The lowest BCUT2D eigenvalue weighted by Gasteiger charge is -2.24. The fraction of sp³-hybridized carbons (Fsp3) is 0.265. The summed E-state index contributed by atoms with van der Waals surface area (Å²) < 4.78 is 24.0. The van der Waals surface area contributed by atoms with Crippen LogP contribution in [0.15, 0.2) is 88.7 Å². The highest BCUT2D eigenvalue weighted by Crippen LogP contribution is 2.35. The van der Waals surface area contributed by atoms with Crippen molar-refractivity contribution in [3.05, 3.63) is 107 Å². The smallest absolute Gasteiger partial charge is 0.417 e. The number of thiophene rings is 1. The Kier molecular flexibility index (Phi) is 8.53. The molecule has 220 valence electrons. The van der Waals surface area contributed by atoms with Crippen LogP contribution < -0.4 is 4.74 Å². The van der Waals surface area contributed by atoms with E-state index in [0.29, 0.717) is 31.8 Å². The van der Waals surface area contributed by atoms with Gasteiger partial charge in [-0.05, 0) is 59.5 Å². The van der Waals surface area contributed by atoms with Gasteiger partial charge in [0.1, 0.15) is 24.2 Å². The number of rotatable bonds is 11. The normalized spacial score (nSPS) is 15.5. The minimum Gasteiger partial charge on any atom is -0.492 e. The number of amides is 2. The number of ether oxygens (including phenoxy) is 3. The molecule has 8 nitrogen and oxygen atoms in total. The van der Waals surface area contributed by atoms with Gasteiger partial charge in [0.15, 0.2) is 0 Å². The molecule has 1 aliphatic rings. The number of cyclic esters (lactones) is 1. The van der Waals surface area contributed by atoms with Crippen molar-refractivity contribution in [2.45, 2.75) is 38.3 Å². The molecule has 2 amide bonds. The molecule has 0 unspecified atom stereocenters. The first-order valence-corrected chi connectivity index (χ1v) is 15.1. The quantitative estimate of drug-likeness (QED) is 0.169. The summed E-state index contributed by atoms with van der Waals surface area (Å²) >= 11 is 1.58. The number of benzene rings is 3. The predicted octanol–water partition coefficient (Wildman–Crippen LogP) is 6.63. The van der Waals surface area contributed by atoms with Crippen molar-refractivity contribution in [2.24, 2.45) is 0 Å². The lowest BCUT2D eigenvalue weighted by molar-refractivity contribution is -0.139. The number of fused-ring (bicyclic) bond motifs is 1. The Labute approximate surface area is 253 Å². The number of nitrogens with zero attached hydrogens (tertiary/aromatic N) is 2. The van der Waals surface area contributed by atoms with Gasteiger partial charge in [-0.25, -0.2) is 14.7 Å². The lowest BCUT2D eigenvalue weighted by atomic mass is 10.0. The predicted molar refractivity (Wildman–Crippen MR) is 164 cm³/mol. The van der Waals surface area contributed by atoms with Crippen LogP contribution in [-0.4, -0.2) is 54.4 Å². The highest BCUT2D eigenvalue weighted by atomic mass is 32.1. The Morgan fingerprint density at radius 2 is 1.84 bits per heavy atom. The largest absolute Gasteiger partial charge is 0.492 e. The molecular formula is C34H32N2O6S. The molecule has 0 bridgehead atoms. The molecule has 2 aromatic heterocycles. The van der Waals surface area contributed by atoms with Gasteiger partial charge in [-0.3, -0.25) is 4.79 Å². The van der Waals surface area contributed by atoms with E-state index < -0.39 is 18.1 Å². The van der Waals surface area contributed by atoms with Crippen molar-refractivity contribution in [1.82, 2.24) is 9.88 Å². The molecule has 0 aliphatic carbocycles. The van der Waals surface area contributed by atoms with Crippen molar-refractivity contribution in [2.75, 3.05) is 20.3 Å². The molecule has 0 N–H and O–H groups in total. The van der Waals surface area contributed by atoms with Gasteiger partial charge in [0.25, 0.3) is 5.91 Å². The van der Waals surface area contributed by atoms with E-state index in [-0.39, 0.29) is 12.6 Å². The third-order valence-corrected chi connectivity index (χ3v) is 8.59. The topological polar surface area (TPSA) is 91.1 Å². The number of hydrogen-bond donors (Lipinski definition) is 0. The lowest BCUT2D eigenvalue weighted by Crippen LogP contribution is -2.47. The molecule has 2 atom stereocenters. The summed E-state index contributed by atoms with van der Waals surface area (Å²) in [5.74, 6) is 1.76. The highest BCUT2D eigenvalue weighted by molar-refractivity contribution is 7.17. The van der Waals surface area contributed by atoms with Gasteiger partial charge in [0, 0.05) is 25.5 Å². The van der Waals surface area contributed by atoms with Crippen molar-refractivity contribution >= 4 is 33.4 Å². The van der Waals surface area contributed by atoms with Crippen LogP contribution in [-0.2, 0) is 33.5 Å². The molecule has 0 saturated carbocycles. The van der Waals surface area contributed by atoms with E-state index >= 15 is 0 Å². The summed E-state index contributed by atoms with van der Waals surface area (Å²) in [7, 11) is 1.49. The third kappa shape index (κ3) is 6.18. The minimum absolute atomic E-state index is 0.165. The maximum atomic E-state index is 13.6. The molecule has 9 heteroatoms. The number of hydrogen-bond acceptors (Lipinski definition) is 8. The molecule has 6 rings (SSSR count). The van der Waals surface area contributed by atoms with Crippen molar-refractivity contribution in [1.29, 1.82) is 0 Å². The maximum absolute atomic E-state index is 13.6. The maximum Gasteiger partial charge on any atom is 0.417 e. The number of imide groups is 1. The zero-order valence-electron chi connectivity index (χ0n) is 24.0. The van der Waals surface area contributed by atoms with E-state index in [1.807, 2.05) is 91.2 Å². The van der Waals surface area contributed by atoms with E-state index in [2.05, 4.69) is 4.98 Å². The van der Waals surface area contributed by atoms with Crippen molar-refractivity contribution in [3.8, 4) is 17.2 Å². The van der Waals surface area contributed by atoms with Crippen LogP contribution in [0.25, 0.3) is 21.5 Å². The van der Waals surface area contributed by atoms with Crippen LogP contribution in [0.4, 0.5) is 4.79 Å². The summed E-state index contributed by atoms with van der Waals surface area (Å²) in [6, 6.07) is 25.1. The van der Waals surface area contributed by atoms with E-state index in [1.54, 1.807) is 11.3 Å². The second-order valence-corrected chi connectivity index (χ2v) is 11.3. The third-order valence-electron chi connectivity index (χ3n) is 7.66. The number of oxazole rings is 1. The van der Waals surface area contributed by atoms with Crippen molar-refractivity contribution < 1.29 is 28.2 Å². The average Bonchev–Trinajstić information content (AvgIpc) is 3.76. The monoisotopic (exact) mass is 596 g/mol. The minimum atomic E-state index is -0.840. The summed E-state index contributed by atoms with van der Waals surface area (Å²) in [5.41, 5.74) is 3.78. The molecule has 1 fully saturated rings. The average molecular weight is 597 g/mol. The zero-order valence-corrected chi connectivity index (χ0v) is 24.8. The number of carbonyl (C=O) groups excluding carboxylic acids is 2. The Morgan fingerprint density at radius 1 is 1.07 bits per heavy atom. The van der Waals surface area contributed by atoms with Crippen LogP contribution >= 0.6 is 11.3 Å². The molecule has 1 saturated heterocycles. The zero-order chi connectivity index (χ0) is 29.8. The molecule has 43 heavy (non-hydrogen) atoms. The van der Waals surface area contributed by atoms with Gasteiger partial charge < -0.3 is 18.6 Å². The van der Waals surface area contributed by atoms with E-state index in [0.717, 1.165) is 44.0 Å². The number of methoxy groups -OCH3 is 1. The fourth-order valence-corrected chi connectivity index (χ4v) is 6.31. The van der Waals surface area contributed by atoms with Crippen LogP contribution in [0.1, 0.15) is 22.6 Å². The van der Waals surface area contributed by atoms with Crippen LogP contribution in [0.2, 0.25) is 0 Å². The fourth-order valence-electron chi connectivity index (χ4n) is 5.40. The van der Waals surface area contributed by atoms with Crippen molar-refractivity contribution in [3.63, 3.8) is 0 Å². The van der Waals surface area contributed by atoms with Crippen LogP contribution in [0, 0.1) is 6.92 Å². The molecular weight excluding hydrogens is 564 g/mol. The Bertz CT molecular complexity index is 1720. The number of aromatic nitrogens is 1. The standard InChI is InChI=1S/C34H32N2O6S/c1-22-28(35-32(42-22)24-11-7-4-8-12-24)15-17-40-29-14-13-25(27-16-18-43-31(27)29)20-30(39-2)33(37)36-26(21-41-34(36)38)19-23-9-5-3-6-10-23/h3-14,16,18,26,30H,15,17,19-21H2,1-2H3/t26-,30-/m0/s1. The van der Waals surface area contributed by atoms with Gasteiger partial charge in [-0.1, -0.05) is 54.6 Å². The molecule has 1 aliphatic heterocycles. The first-order chi connectivity index (χ1) is 21.0. The van der Waals surface area contributed by atoms with Gasteiger partial charge in [-0.15, -0.1) is 11.3 Å². The molecule has 0 radical (unpaired) electrons. The summed E-state index contributed by atoms with van der Waals surface area (Å²) in [4.78, 5) is 32.1. The van der Waals surface area contributed by atoms with E-state index in [1.165, 1.54) is 12.0 Å². The van der Waals surface area contributed by atoms with Crippen LogP contribution in [0.5, 0.6) is 5.75 Å². The molecule has 3 aromatic carbocycles. The van der Waals surface area contributed by atoms with Gasteiger partial charge in [0.05, 0.1) is 23.0 Å². The Morgan fingerprint density at radius 3 is 2.60 bits per heavy atom. The first kappa shape index (κ1) is 28.6. The molecule has 0 spiro atoms. The molecule has 3 heterocycles. The number of carbonyl (C=O) groups is 2. The Hall–Kier alpha value is -4.47. The number of aryl methyl sites for hydroxylation is 1. The molecule has 5 aromatic rings. The SMILES string of the molecule is CO[C@@H](Cc1ccc(OCCc2nc(-c3ccccc3)oc2C)c2sccc12)C(=O)N1C(=O)OC[C@@H]1Cc1ccccc1. The summed E-state index contributed by atoms with van der Waals surface area (Å²) in [5, 5.41) is 3.00. The van der Waals surface area contributed by atoms with Gasteiger partial charge in [0.2, 0.25) is 5.89 Å². The second-order valence-electron chi connectivity index (χ2n) is 10.4. The highest BCUT2D eigenvalue weighted by Gasteiger charge is 2.41. The van der Waals surface area contributed by atoms with Crippen LogP contribution in [0.3, 0.4) is 0 Å². The van der Waals surface area contributed by atoms with Gasteiger partial charge in [-0.2, -0.15) is 0 Å². The Balaban J connectivity index is 1.13. The summed E-state index contributed by atoms with van der Waals surface area (Å²) in [6.07, 6.45) is -0.0294. The summed E-state index contributed by atoms with van der Waals surface area (Å²) in [6.45, 7) is 2.52.